The van der Waals surface area contributed by atoms with Crippen LogP contribution in [0.4, 0.5) is 0 Å². The molecule has 0 saturated heterocycles. The summed E-state index contributed by atoms with van der Waals surface area (Å²) in [6.45, 7) is 4.14. The Morgan fingerprint density at radius 2 is 1.88 bits per heavy atom. The largest absolute Gasteiger partial charge is 0.388 e. The molecule has 1 N–H and O–H groups in total. The van der Waals surface area contributed by atoms with Crippen LogP contribution in [0.15, 0.2) is 35.0 Å². The fourth-order valence-electron chi connectivity index (χ4n) is 2.11. The minimum atomic E-state index is -0.353. The lowest BCUT2D eigenvalue weighted by atomic mass is 9.99. The summed E-state index contributed by atoms with van der Waals surface area (Å²) in [7, 11) is 0. The van der Waals surface area contributed by atoms with Crippen molar-refractivity contribution >= 4 is 11.3 Å². The number of rotatable bonds is 4. The molecular formula is C15H18OS. The fraction of sp³-hybridized carbons (Fsp3) is 0.333. The van der Waals surface area contributed by atoms with Crippen LogP contribution in [0.5, 0.6) is 0 Å². The zero-order valence-electron chi connectivity index (χ0n) is 10.3. The zero-order chi connectivity index (χ0) is 12.3. The Morgan fingerprint density at radius 1 is 1.18 bits per heavy atom. The number of aliphatic hydroxyl groups is 1. The van der Waals surface area contributed by atoms with Gasteiger partial charge in [0.25, 0.3) is 0 Å². The minimum absolute atomic E-state index is 0.353. The Kier molecular flexibility index (Phi) is 3.97. The van der Waals surface area contributed by atoms with E-state index in [1.807, 2.05) is 0 Å². The highest BCUT2D eigenvalue weighted by atomic mass is 32.1. The molecule has 2 rings (SSSR count). The van der Waals surface area contributed by atoms with Gasteiger partial charge in [0.1, 0.15) is 0 Å². The van der Waals surface area contributed by atoms with E-state index in [0.29, 0.717) is 0 Å². The standard InChI is InChI=1S/C15H18OS/c1-11-7-12(2)9-14(8-11)15(16)4-3-13-5-6-17-10-13/h5-10,15-16H,3-4H2,1-2H3. The lowest BCUT2D eigenvalue weighted by Crippen LogP contribution is -2.00. The van der Waals surface area contributed by atoms with Crippen LogP contribution >= 0.6 is 11.3 Å². The van der Waals surface area contributed by atoms with E-state index in [-0.39, 0.29) is 6.10 Å². The normalized spacial score (nSPS) is 12.6. The van der Waals surface area contributed by atoms with Gasteiger partial charge in [0.05, 0.1) is 6.10 Å². The van der Waals surface area contributed by atoms with Gasteiger partial charge in [-0.3, -0.25) is 0 Å². The molecule has 2 heteroatoms. The molecule has 2 aromatic rings. The number of hydrogen-bond donors (Lipinski definition) is 1. The summed E-state index contributed by atoms with van der Waals surface area (Å²) in [6, 6.07) is 8.41. The quantitative estimate of drug-likeness (QED) is 0.863. The predicted octanol–water partition coefficient (Wildman–Crippen LogP) is 4.03. The van der Waals surface area contributed by atoms with E-state index in [9.17, 15) is 5.11 Å². The van der Waals surface area contributed by atoms with Gasteiger partial charge in [-0.25, -0.2) is 0 Å². The third kappa shape index (κ3) is 3.42. The molecule has 0 amide bonds. The minimum Gasteiger partial charge on any atom is -0.388 e. The Morgan fingerprint density at radius 3 is 2.47 bits per heavy atom. The third-order valence-corrected chi connectivity index (χ3v) is 3.65. The smallest absolute Gasteiger partial charge is 0.0793 e. The van der Waals surface area contributed by atoms with E-state index >= 15 is 0 Å². The second kappa shape index (κ2) is 5.48. The average molecular weight is 246 g/mol. The summed E-state index contributed by atoms with van der Waals surface area (Å²) in [6.07, 6.45) is 1.38. The molecule has 1 unspecified atom stereocenters. The molecule has 1 heterocycles. The molecule has 0 aliphatic carbocycles. The molecule has 1 aromatic carbocycles. The highest BCUT2D eigenvalue weighted by Crippen LogP contribution is 2.22. The molecule has 1 atom stereocenters. The van der Waals surface area contributed by atoms with E-state index in [1.165, 1.54) is 16.7 Å². The van der Waals surface area contributed by atoms with Crippen LogP contribution in [0.25, 0.3) is 0 Å². The van der Waals surface area contributed by atoms with Gasteiger partial charge >= 0.3 is 0 Å². The number of aryl methyl sites for hydroxylation is 3. The van der Waals surface area contributed by atoms with Crippen molar-refractivity contribution < 1.29 is 5.11 Å². The third-order valence-electron chi connectivity index (χ3n) is 2.92. The fourth-order valence-corrected chi connectivity index (χ4v) is 2.81. The number of hydrogen-bond acceptors (Lipinski definition) is 2. The molecule has 1 aromatic heterocycles. The van der Waals surface area contributed by atoms with Crippen LogP contribution in [-0.2, 0) is 6.42 Å². The first-order valence-corrected chi connectivity index (χ1v) is 6.87. The molecule has 17 heavy (non-hydrogen) atoms. The van der Waals surface area contributed by atoms with Crippen molar-refractivity contribution in [2.45, 2.75) is 32.8 Å². The van der Waals surface area contributed by atoms with Crippen molar-refractivity contribution in [1.82, 2.24) is 0 Å². The SMILES string of the molecule is Cc1cc(C)cc(C(O)CCc2ccsc2)c1. The molecule has 0 aliphatic heterocycles. The monoisotopic (exact) mass is 246 g/mol. The van der Waals surface area contributed by atoms with Gasteiger partial charge in [-0.2, -0.15) is 11.3 Å². The van der Waals surface area contributed by atoms with Crippen molar-refractivity contribution in [3.63, 3.8) is 0 Å². The summed E-state index contributed by atoms with van der Waals surface area (Å²) >= 11 is 1.71. The average Bonchev–Trinajstić information content (AvgIpc) is 2.77. The van der Waals surface area contributed by atoms with Crippen molar-refractivity contribution in [2.75, 3.05) is 0 Å². The van der Waals surface area contributed by atoms with Crippen LogP contribution in [0.1, 0.15) is 34.8 Å². The number of benzene rings is 1. The summed E-state index contributed by atoms with van der Waals surface area (Å²) < 4.78 is 0. The highest BCUT2D eigenvalue weighted by molar-refractivity contribution is 7.07. The van der Waals surface area contributed by atoms with Crippen LogP contribution in [0.3, 0.4) is 0 Å². The van der Waals surface area contributed by atoms with E-state index in [0.717, 1.165) is 18.4 Å². The number of thiophene rings is 1. The van der Waals surface area contributed by atoms with Crippen LogP contribution in [0.2, 0.25) is 0 Å². The zero-order valence-corrected chi connectivity index (χ0v) is 11.1. The molecular weight excluding hydrogens is 228 g/mol. The summed E-state index contributed by atoms with van der Waals surface area (Å²) in [5.41, 5.74) is 4.79. The maximum atomic E-state index is 10.2. The first kappa shape index (κ1) is 12.3. The molecule has 0 spiro atoms. The van der Waals surface area contributed by atoms with Crippen molar-refractivity contribution in [2.24, 2.45) is 0 Å². The van der Waals surface area contributed by atoms with E-state index in [4.69, 9.17) is 0 Å². The molecule has 90 valence electrons. The van der Waals surface area contributed by atoms with E-state index in [2.05, 4.69) is 48.9 Å². The molecule has 0 aliphatic rings. The topological polar surface area (TPSA) is 20.2 Å². The molecule has 1 nitrogen and oxygen atoms in total. The van der Waals surface area contributed by atoms with Gasteiger partial charge < -0.3 is 5.11 Å². The highest BCUT2D eigenvalue weighted by Gasteiger charge is 2.08. The first-order chi connectivity index (χ1) is 8.15. The summed E-state index contributed by atoms with van der Waals surface area (Å²) in [4.78, 5) is 0. The Hall–Kier alpha value is -1.12. The Bertz CT molecular complexity index is 453. The molecule has 0 saturated carbocycles. The second-order valence-corrected chi connectivity index (χ2v) is 5.39. The van der Waals surface area contributed by atoms with Crippen LogP contribution in [0, 0.1) is 13.8 Å². The first-order valence-electron chi connectivity index (χ1n) is 5.92. The molecule has 0 fully saturated rings. The maximum Gasteiger partial charge on any atom is 0.0793 e. The summed E-state index contributed by atoms with van der Waals surface area (Å²) in [5, 5.41) is 14.4. The van der Waals surface area contributed by atoms with Crippen molar-refractivity contribution in [1.29, 1.82) is 0 Å². The lowest BCUT2D eigenvalue weighted by molar-refractivity contribution is 0.167. The van der Waals surface area contributed by atoms with E-state index < -0.39 is 0 Å². The van der Waals surface area contributed by atoms with Gasteiger partial charge in [-0.1, -0.05) is 29.3 Å². The molecule has 0 radical (unpaired) electrons. The van der Waals surface area contributed by atoms with Gasteiger partial charge in [-0.05, 0) is 54.6 Å². The summed E-state index contributed by atoms with van der Waals surface area (Å²) in [5.74, 6) is 0. The molecule has 0 bridgehead atoms. The van der Waals surface area contributed by atoms with Crippen LogP contribution < -0.4 is 0 Å². The van der Waals surface area contributed by atoms with E-state index in [1.54, 1.807) is 11.3 Å². The number of aliphatic hydroxyl groups excluding tert-OH is 1. The Labute approximate surface area is 107 Å². The lowest BCUT2D eigenvalue weighted by Gasteiger charge is -2.12. The van der Waals surface area contributed by atoms with Crippen molar-refractivity contribution in [3.05, 3.63) is 57.3 Å². The van der Waals surface area contributed by atoms with Crippen molar-refractivity contribution in [3.8, 4) is 0 Å². The van der Waals surface area contributed by atoms with Gasteiger partial charge in [-0.15, -0.1) is 0 Å². The second-order valence-electron chi connectivity index (χ2n) is 4.61. The Balaban J connectivity index is 2.01. The predicted molar refractivity (Wildman–Crippen MR) is 73.5 cm³/mol. The van der Waals surface area contributed by atoms with Gasteiger partial charge in [0.2, 0.25) is 0 Å². The maximum absolute atomic E-state index is 10.2. The van der Waals surface area contributed by atoms with Gasteiger partial charge in [0.15, 0.2) is 0 Å². The van der Waals surface area contributed by atoms with Crippen LogP contribution in [-0.4, -0.2) is 5.11 Å². The van der Waals surface area contributed by atoms with Gasteiger partial charge in [0, 0.05) is 0 Å².